The van der Waals surface area contributed by atoms with Crippen LogP contribution in [0.3, 0.4) is 0 Å². The van der Waals surface area contributed by atoms with E-state index in [0.29, 0.717) is 18.1 Å². The Morgan fingerprint density at radius 3 is 2.38 bits per heavy atom. The lowest BCUT2D eigenvalue weighted by Crippen LogP contribution is -2.26. The van der Waals surface area contributed by atoms with Crippen LogP contribution in [0.25, 0.3) is 0 Å². The number of benzene rings is 2. The van der Waals surface area contributed by atoms with Gasteiger partial charge in [-0.1, -0.05) is 37.3 Å². The Morgan fingerprint density at radius 2 is 1.88 bits per heavy atom. The summed E-state index contributed by atoms with van der Waals surface area (Å²) in [5.41, 5.74) is -0.354. The van der Waals surface area contributed by atoms with Crippen molar-refractivity contribution in [3.8, 4) is 0 Å². The number of nitro groups is 1. The van der Waals surface area contributed by atoms with Crippen LogP contribution < -0.4 is 0 Å². The first-order valence-electron chi connectivity index (χ1n) is 7.77. The van der Waals surface area contributed by atoms with E-state index in [4.69, 9.17) is 4.74 Å². The number of hydrogen-bond donors (Lipinski definition) is 1. The smallest absolute Gasteiger partial charge is 0.325 e. The molecule has 7 nitrogen and oxygen atoms in total. The van der Waals surface area contributed by atoms with E-state index < -0.39 is 46.0 Å². The number of halogens is 1. The van der Waals surface area contributed by atoms with Gasteiger partial charge in [0.2, 0.25) is 0 Å². The molecule has 136 valence electrons. The maximum atomic E-state index is 14.1. The number of nitro benzene ring substituents is 1. The zero-order valence-corrected chi connectivity index (χ0v) is 13.8. The van der Waals surface area contributed by atoms with Gasteiger partial charge in [-0.25, -0.2) is 4.39 Å². The molecule has 0 saturated heterocycles. The average Bonchev–Trinajstić information content (AvgIpc) is 2.61. The third-order valence-corrected chi connectivity index (χ3v) is 3.79. The minimum absolute atomic E-state index is 0.394. The summed E-state index contributed by atoms with van der Waals surface area (Å²) in [6.07, 6.45) is -0.295. The lowest BCUT2D eigenvalue weighted by atomic mass is 9.98. The first kappa shape index (κ1) is 19.0. The molecule has 1 N–H and O–H groups in total. The van der Waals surface area contributed by atoms with Crippen LogP contribution in [0.5, 0.6) is 0 Å². The molecule has 2 rings (SSSR count). The van der Waals surface area contributed by atoms with Gasteiger partial charge in [0.25, 0.3) is 5.69 Å². The number of rotatable bonds is 7. The van der Waals surface area contributed by atoms with E-state index >= 15 is 0 Å². The summed E-state index contributed by atoms with van der Waals surface area (Å²) in [4.78, 5) is 33.8. The molecule has 0 aliphatic rings. The first-order valence-corrected chi connectivity index (χ1v) is 7.77. The second-order valence-electron chi connectivity index (χ2n) is 5.48. The Hall–Kier alpha value is -3.29. The van der Waals surface area contributed by atoms with Crippen LogP contribution in [-0.2, 0) is 14.3 Å². The lowest BCUT2D eigenvalue weighted by molar-refractivity contribution is -0.385. The normalized spacial score (nSPS) is 12.8. The molecule has 2 unspecified atom stereocenters. The van der Waals surface area contributed by atoms with Gasteiger partial charge < -0.3 is 9.84 Å². The predicted molar refractivity (Wildman–Crippen MR) is 89.0 cm³/mol. The average molecular weight is 361 g/mol. The fourth-order valence-electron chi connectivity index (χ4n) is 2.49. The lowest BCUT2D eigenvalue weighted by Gasteiger charge is -2.20. The van der Waals surface area contributed by atoms with Crippen molar-refractivity contribution in [1.29, 1.82) is 0 Å². The quantitative estimate of drug-likeness (QED) is 0.349. The van der Waals surface area contributed by atoms with Crippen LogP contribution in [0, 0.1) is 15.9 Å². The number of non-ortho nitro benzene ring substituents is 1. The summed E-state index contributed by atoms with van der Waals surface area (Å²) in [6, 6.07) is 11.2. The van der Waals surface area contributed by atoms with Gasteiger partial charge in [-0.3, -0.25) is 19.7 Å². The highest BCUT2D eigenvalue weighted by atomic mass is 19.1. The van der Waals surface area contributed by atoms with Gasteiger partial charge in [-0.15, -0.1) is 0 Å². The fraction of sp³-hybridized carbons (Fsp3) is 0.222. The summed E-state index contributed by atoms with van der Waals surface area (Å²) in [6.45, 7) is 1.76. The molecule has 0 aliphatic carbocycles. The van der Waals surface area contributed by atoms with E-state index in [9.17, 15) is 29.2 Å². The van der Waals surface area contributed by atoms with E-state index in [2.05, 4.69) is 0 Å². The molecular formula is C18H16FNO6. The van der Waals surface area contributed by atoms with Crippen molar-refractivity contribution in [2.45, 2.75) is 25.4 Å². The highest BCUT2D eigenvalue weighted by molar-refractivity contribution is 6.00. The monoisotopic (exact) mass is 361 g/mol. The van der Waals surface area contributed by atoms with Gasteiger partial charge in [0.15, 0.2) is 5.92 Å². The molecule has 0 bridgehead atoms. The van der Waals surface area contributed by atoms with Crippen LogP contribution in [0.4, 0.5) is 10.1 Å². The molecule has 2 aromatic carbocycles. The number of ether oxygens (including phenoxy) is 1. The van der Waals surface area contributed by atoms with Crippen LogP contribution in [0.15, 0.2) is 48.5 Å². The van der Waals surface area contributed by atoms with E-state index in [1.165, 1.54) is 0 Å². The van der Waals surface area contributed by atoms with Gasteiger partial charge in [0.1, 0.15) is 11.9 Å². The van der Waals surface area contributed by atoms with E-state index in [1.54, 1.807) is 37.3 Å². The van der Waals surface area contributed by atoms with Gasteiger partial charge in [-0.2, -0.15) is 0 Å². The molecule has 0 amide bonds. The second-order valence-corrected chi connectivity index (χ2v) is 5.48. The number of carbonyl (C=O) groups excluding carboxylic acids is 1. The van der Waals surface area contributed by atoms with Crippen molar-refractivity contribution in [3.63, 3.8) is 0 Å². The SMILES string of the molecule is CCC(OC(=O)C(C(=O)O)c1ccc([N+](=O)[O-])cc1F)c1ccccc1. The molecule has 0 saturated carbocycles. The maximum Gasteiger partial charge on any atom is 0.325 e. The summed E-state index contributed by atoms with van der Waals surface area (Å²) in [5.74, 6) is -5.82. The van der Waals surface area contributed by atoms with Crippen molar-refractivity contribution >= 4 is 17.6 Å². The fourth-order valence-corrected chi connectivity index (χ4v) is 2.49. The molecule has 2 atom stereocenters. The molecule has 0 aromatic heterocycles. The number of carboxylic acid groups (broad SMARTS) is 1. The topological polar surface area (TPSA) is 107 Å². The largest absolute Gasteiger partial charge is 0.480 e. The maximum absolute atomic E-state index is 14.1. The van der Waals surface area contributed by atoms with Crippen LogP contribution in [0.1, 0.15) is 36.5 Å². The van der Waals surface area contributed by atoms with Gasteiger partial charge in [0.05, 0.1) is 11.0 Å². The zero-order chi connectivity index (χ0) is 19.3. The highest BCUT2D eigenvalue weighted by Gasteiger charge is 2.34. The van der Waals surface area contributed by atoms with Crippen molar-refractivity contribution in [2.24, 2.45) is 0 Å². The molecule has 0 fully saturated rings. The number of hydrogen-bond acceptors (Lipinski definition) is 5. The molecule has 0 spiro atoms. The Kier molecular flexibility index (Phi) is 6.00. The van der Waals surface area contributed by atoms with Crippen molar-refractivity contribution in [2.75, 3.05) is 0 Å². The molecular weight excluding hydrogens is 345 g/mol. The Morgan fingerprint density at radius 1 is 1.23 bits per heavy atom. The van der Waals surface area contributed by atoms with Crippen molar-refractivity contribution in [3.05, 3.63) is 75.6 Å². The van der Waals surface area contributed by atoms with E-state index in [1.807, 2.05) is 0 Å². The zero-order valence-electron chi connectivity index (χ0n) is 13.8. The van der Waals surface area contributed by atoms with E-state index in [0.717, 1.165) is 12.1 Å². The standard InChI is InChI=1S/C18H16FNO6/c1-2-15(11-6-4-3-5-7-11)26-18(23)16(17(21)22)13-9-8-12(20(24)25)10-14(13)19/h3-10,15-16H,2H2,1H3,(H,21,22). The summed E-state index contributed by atoms with van der Waals surface area (Å²) in [7, 11) is 0. The first-order chi connectivity index (χ1) is 12.3. The molecule has 0 aliphatic heterocycles. The molecule has 2 aromatic rings. The van der Waals surface area contributed by atoms with Gasteiger partial charge >= 0.3 is 11.9 Å². The van der Waals surface area contributed by atoms with E-state index in [-0.39, 0.29) is 0 Å². The summed E-state index contributed by atoms with van der Waals surface area (Å²) in [5, 5.41) is 20.0. The highest BCUT2D eigenvalue weighted by Crippen LogP contribution is 2.28. The number of aliphatic carboxylic acids is 1. The van der Waals surface area contributed by atoms with Crippen LogP contribution >= 0.6 is 0 Å². The third-order valence-electron chi connectivity index (χ3n) is 3.79. The van der Waals surface area contributed by atoms with Crippen LogP contribution in [-0.4, -0.2) is 22.0 Å². The van der Waals surface area contributed by atoms with Crippen molar-refractivity contribution in [1.82, 2.24) is 0 Å². The number of carbonyl (C=O) groups is 2. The molecule has 26 heavy (non-hydrogen) atoms. The Bertz CT molecular complexity index is 824. The molecule has 0 radical (unpaired) electrons. The van der Waals surface area contributed by atoms with Crippen LogP contribution in [0.2, 0.25) is 0 Å². The third kappa shape index (κ3) is 4.21. The molecule has 0 heterocycles. The summed E-state index contributed by atoms with van der Waals surface area (Å²) >= 11 is 0. The number of nitrogens with zero attached hydrogens (tertiary/aromatic N) is 1. The number of esters is 1. The van der Waals surface area contributed by atoms with Gasteiger partial charge in [0, 0.05) is 11.6 Å². The summed E-state index contributed by atoms with van der Waals surface area (Å²) < 4.78 is 19.4. The second kappa shape index (κ2) is 8.19. The Labute approximate surface area is 148 Å². The van der Waals surface area contributed by atoms with Gasteiger partial charge in [-0.05, 0) is 18.1 Å². The molecule has 8 heteroatoms. The number of carboxylic acids is 1. The Balaban J connectivity index is 2.31. The minimum atomic E-state index is -1.92. The minimum Gasteiger partial charge on any atom is -0.480 e. The van der Waals surface area contributed by atoms with Crippen molar-refractivity contribution < 1.29 is 28.7 Å². The predicted octanol–water partition coefficient (Wildman–Crippen LogP) is 3.60.